The zero-order chi connectivity index (χ0) is 13.5. The van der Waals surface area contributed by atoms with Gasteiger partial charge in [0.15, 0.2) is 0 Å². The molecule has 0 radical (unpaired) electrons. The van der Waals surface area contributed by atoms with Gasteiger partial charge >= 0.3 is 0 Å². The van der Waals surface area contributed by atoms with Gasteiger partial charge in [-0.05, 0) is 19.5 Å². The summed E-state index contributed by atoms with van der Waals surface area (Å²) in [6, 6.07) is 10.5. The van der Waals surface area contributed by atoms with Gasteiger partial charge in [0.1, 0.15) is 0 Å². The molecule has 3 nitrogen and oxygen atoms in total. The summed E-state index contributed by atoms with van der Waals surface area (Å²) in [6.45, 7) is 5.94. The minimum atomic E-state index is 0.928. The highest BCUT2D eigenvalue weighted by atomic mass is 32.1. The lowest BCUT2D eigenvalue weighted by atomic mass is 10.2. The van der Waals surface area contributed by atoms with Gasteiger partial charge in [-0.1, -0.05) is 30.3 Å². The lowest BCUT2D eigenvalue weighted by Gasteiger charge is -2.15. The van der Waals surface area contributed by atoms with Crippen LogP contribution in [-0.2, 0) is 13.1 Å². The van der Waals surface area contributed by atoms with Gasteiger partial charge in [-0.2, -0.15) is 0 Å². The minimum Gasteiger partial charge on any atom is -0.311 e. The van der Waals surface area contributed by atoms with Gasteiger partial charge in [0.25, 0.3) is 0 Å². The molecule has 2 aromatic rings. The minimum absolute atomic E-state index is 0.928. The zero-order valence-electron chi connectivity index (χ0n) is 11.6. The molecule has 0 saturated heterocycles. The smallest absolute Gasteiger partial charge is 0.0897 e. The van der Waals surface area contributed by atoms with Crippen LogP contribution in [0.2, 0.25) is 0 Å². The Kier molecular flexibility index (Phi) is 5.51. The molecule has 0 saturated carbocycles. The van der Waals surface area contributed by atoms with Crippen LogP contribution in [0.25, 0.3) is 0 Å². The van der Waals surface area contributed by atoms with Crippen molar-refractivity contribution in [2.24, 2.45) is 0 Å². The molecule has 102 valence electrons. The molecule has 0 fully saturated rings. The topological polar surface area (TPSA) is 28.2 Å². The van der Waals surface area contributed by atoms with Crippen LogP contribution >= 0.6 is 11.3 Å². The molecule has 0 amide bonds. The number of hydrogen-bond donors (Lipinski definition) is 1. The van der Waals surface area contributed by atoms with Crippen molar-refractivity contribution in [1.82, 2.24) is 15.2 Å². The van der Waals surface area contributed by atoms with Crippen molar-refractivity contribution in [3.63, 3.8) is 0 Å². The number of hydrogen-bond acceptors (Lipinski definition) is 4. The molecule has 0 atom stereocenters. The fourth-order valence-corrected chi connectivity index (χ4v) is 2.54. The first-order valence-corrected chi connectivity index (χ1v) is 7.46. The van der Waals surface area contributed by atoms with E-state index in [9.17, 15) is 0 Å². The van der Waals surface area contributed by atoms with E-state index in [1.54, 1.807) is 11.3 Å². The molecular weight excluding hydrogens is 254 g/mol. The Labute approximate surface area is 119 Å². The fraction of sp³-hybridized carbons (Fsp3) is 0.400. The Morgan fingerprint density at radius 1 is 1.26 bits per heavy atom. The SMILES string of the molecule is Cc1nc(CN(C)CCNCc2ccccc2)cs1. The maximum absolute atomic E-state index is 4.48. The molecule has 2 rings (SSSR count). The van der Waals surface area contributed by atoms with Crippen LogP contribution in [0, 0.1) is 6.92 Å². The second-order valence-electron chi connectivity index (χ2n) is 4.76. The Balaban J connectivity index is 1.63. The predicted molar refractivity (Wildman–Crippen MR) is 81.3 cm³/mol. The summed E-state index contributed by atoms with van der Waals surface area (Å²) in [5.41, 5.74) is 2.51. The van der Waals surface area contributed by atoms with E-state index in [-0.39, 0.29) is 0 Å². The van der Waals surface area contributed by atoms with Gasteiger partial charge in [0, 0.05) is 31.6 Å². The third kappa shape index (κ3) is 5.11. The molecule has 1 heterocycles. The van der Waals surface area contributed by atoms with Crippen LogP contribution in [0.4, 0.5) is 0 Å². The van der Waals surface area contributed by atoms with E-state index in [2.05, 4.69) is 58.8 Å². The lowest BCUT2D eigenvalue weighted by Crippen LogP contribution is -2.28. The fourth-order valence-electron chi connectivity index (χ4n) is 1.93. The Morgan fingerprint density at radius 2 is 2.05 bits per heavy atom. The molecule has 0 spiro atoms. The first-order chi connectivity index (χ1) is 9.24. The van der Waals surface area contributed by atoms with Gasteiger partial charge in [-0.3, -0.25) is 4.90 Å². The van der Waals surface area contributed by atoms with E-state index >= 15 is 0 Å². The number of nitrogens with zero attached hydrogens (tertiary/aromatic N) is 2. The van der Waals surface area contributed by atoms with Crippen molar-refractivity contribution in [3.05, 3.63) is 52.0 Å². The number of thiazole rings is 1. The van der Waals surface area contributed by atoms with Gasteiger partial charge in [0.2, 0.25) is 0 Å². The van der Waals surface area contributed by atoms with Crippen molar-refractivity contribution in [2.45, 2.75) is 20.0 Å². The van der Waals surface area contributed by atoms with E-state index < -0.39 is 0 Å². The second kappa shape index (κ2) is 7.38. The quantitative estimate of drug-likeness (QED) is 0.788. The van der Waals surface area contributed by atoms with Crippen LogP contribution in [-0.4, -0.2) is 30.0 Å². The summed E-state index contributed by atoms with van der Waals surface area (Å²) in [4.78, 5) is 6.78. The van der Waals surface area contributed by atoms with Crippen molar-refractivity contribution in [3.8, 4) is 0 Å². The standard InChI is InChI=1S/C15H21N3S/c1-13-17-15(12-19-13)11-18(2)9-8-16-10-14-6-4-3-5-7-14/h3-7,12,16H,8-11H2,1-2H3. The summed E-state index contributed by atoms with van der Waals surface area (Å²) in [6.07, 6.45) is 0. The monoisotopic (exact) mass is 275 g/mol. The predicted octanol–water partition coefficient (Wildman–Crippen LogP) is 2.67. The molecule has 1 N–H and O–H groups in total. The van der Waals surface area contributed by atoms with Crippen LogP contribution < -0.4 is 5.32 Å². The van der Waals surface area contributed by atoms with E-state index in [0.29, 0.717) is 0 Å². The highest BCUT2D eigenvalue weighted by Gasteiger charge is 2.03. The molecule has 1 aromatic carbocycles. The highest BCUT2D eigenvalue weighted by Crippen LogP contribution is 2.09. The summed E-state index contributed by atoms with van der Waals surface area (Å²) >= 11 is 1.72. The van der Waals surface area contributed by atoms with Crippen LogP contribution in [0.5, 0.6) is 0 Å². The molecule has 0 aliphatic carbocycles. The van der Waals surface area contributed by atoms with Gasteiger partial charge in [-0.15, -0.1) is 11.3 Å². The molecule has 0 unspecified atom stereocenters. The Hall–Kier alpha value is -1.23. The van der Waals surface area contributed by atoms with Crippen molar-refractivity contribution in [2.75, 3.05) is 20.1 Å². The third-order valence-corrected chi connectivity index (χ3v) is 3.76. The van der Waals surface area contributed by atoms with Gasteiger partial charge < -0.3 is 5.32 Å². The molecule has 19 heavy (non-hydrogen) atoms. The maximum Gasteiger partial charge on any atom is 0.0897 e. The number of aromatic nitrogens is 1. The average molecular weight is 275 g/mol. The molecule has 0 aliphatic rings. The normalized spacial score (nSPS) is 11.1. The van der Waals surface area contributed by atoms with Crippen LogP contribution in [0.1, 0.15) is 16.3 Å². The van der Waals surface area contributed by atoms with Crippen molar-refractivity contribution in [1.29, 1.82) is 0 Å². The lowest BCUT2D eigenvalue weighted by molar-refractivity contribution is 0.321. The molecular formula is C15H21N3S. The highest BCUT2D eigenvalue weighted by molar-refractivity contribution is 7.09. The second-order valence-corrected chi connectivity index (χ2v) is 5.82. The number of likely N-dealkylation sites (N-methyl/N-ethyl adjacent to an activating group) is 1. The maximum atomic E-state index is 4.48. The molecule has 0 bridgehead atoms. The van der Waals surface area contributed by atoms with Crippen LogP contribution in [0.3, 0.4) is 0 Å². The molecule has 4 heteroatoms. The van der Waals surface area contributed by atoms with Crippen molar-refractivity contribution < 1.29 is 0 Å². The van der Waals surface area contributed by atoms with E-state index in [1.807, 2.05) is 6.07 Å². The summed E-state index contributed by atoms with van der Waals surface area (Å²) in [7, 11) is 2.14. The number of aryl methyl sites for hydroxylation is 1. The van der Waals surface area contributed by atoms with E-state index in [4.69, 9.17) is 0 Å². The number of nitrogens with one attached hydrogen (secondary N) is 1. The number of rotatable bonds is 7. The Morgan fingerprint density at radius 3 is 2.74 bits per heavy atom. The largest absolute Gasteiger partial charge is 0.311 e. The van der Waals surface area contributed by atoms with Crippen LogP contribution in [0.15, 0.2) is 35.7 Å². The summed E-state index contributed by atoms with van der Waals surface area (Å²) in [5, 5.41) is 6.75. The zero-order valence-corrected chi connectivity index (χ0v) is 12.4. The van der Waals surface area contributed by atoms with Gasteiger partial charge in [-0.25, -0.2) is 4.98 Å². The average Bonchev–Trinajstić information content (AvgIpc) is 2.81. The Bertz CT molecular complexity index is 481. The summed E-state index contributed by atoms with van der Waals surface area (Å²) in [5.74, 6) is 0. The number of benzene rings is 1. The van der Waals surface area contributed by atoms with E-state index in [0.717, 1.165) is 31.2 Å². The summed E-state index contributed by atoms with van der Waals surface area (Å²) < 4.78 is 0. The first-order valence-electron chi connectivity index (χ1n) is 6.58. The first kappa shape index (κ1) is 14.2. The van der Waals surface area contributed by atoms with Crippen molar-refractivity contribution >= 4 is 11.3 Å². The molecule has 0 aliphatic heterocycles. The third-order valence-electron chi connectivity index (χ3n) is 2.94. The van der Waals surface area contributed by atoms with Gasteiger partial charge in [0.05, 0.1) is 10.7 Å². The van der Waals surface area contributed by atoms with E-state index in [1.165, 1.54) is 11.3 Å². The molecule has 1 aromatic heterocycles.